The van der Waals surface area contributed by atoms with Crippen LogP contribution in [-0.4, -0.2) is 50.2 Å². The molecule has 1 aromatic heterocycles. The molecular formula is C13H20N4O2S. The van der Waals surface area contributed by atoms with Crippen molar-refractivity contribution in [3.63, 3.8) is 0 Å². The van der Waals surface area contributed by atoms with Gasteiger partial charge in [0.1, 0.15) is 6.61 Å². The van der Waals surface area contributed by atoms with Crippen LogP contribution in [-0.2, 0) is 22.7 Å². The highest BCUT2D eigenvalue weighted by molar-refractivity contribution is 8.00. The molecule has 0 radical (unpaired) electrons. The Morgan fingerprint density at radius 1 is 1.45 bits per heavy atom. The number of carbonyl (C=O) groups is 1. The molecule has 20 heavy (non-hydrogen) atoms. The molecule has 2 atom stereocenters. The van der Waals surface area contributed by atoms with Crippen molar-refractivity contribution >= 4 is 17.7 Å². The van der Waals surface area contributed by atoms with Crippen molar-refractivity contribution in [1.82, 2.24) is 19.7 Å². The van der Waals surface area contributed by atoms with Gasteiger partial charge in [-0.25, -0.2) is 0 Å². The molecule has 0 bridgehead atoms. The summed E-state index contributed by atoms with van der Waals surface area (Å²) >= 11 is 1.79. The van der Waals surface area contributed by atoms with Crippen LogP contribution in [0.1, 0.15) is 37.5 Å². The summed E-state index contributed by atoms with van der Waals surface area (Å²) in [5.74, 6) is 3.09. The van der Waals surface area contributed by atoms with E-state index in [-0.39, 0.29) is 17.2 Å². The minimum absolute atomic E-state index is 0.00411. The Morgan fingerprint density at radius 2 is 2.30 bits per heavy atom. The summed E-state index contributed by atoms with van der Waals surface area (Å²) in [4.78, 5) is 14.5. The van der Waals surface area contributed by atoms with Gasteiger partial charge in [-0.05, 0) is 25.5 Å². The lowest BCUT2D eigenvalue weighted by molar-refractivity contribution is -0.134. The molecule has 3 heterocycles. The maximum Gasteiger partial charge on any atom is 0.236 e. The van der Waals surface area contributed by atoms with E-state index in [0.717, 1.165) is 43.3 Å². The van der Waals surface area contributed by atoms with Gasteiger partial charge in [0.2, 0.25) is 5.91 Å². The maximum absolute atomic E-state index is 12.6. The number of ether oxygens (including phenoxy) is 1. The summed E-state index contributed by atoms with van der Waals surface area (Å²) in [6.07, 6.45) is 2.16. The second-order valence-electron chi connectivity index (χ2n) is 5.27. The number of hydrogen-bond donors (Lipinski definition) is 0. The zero-order chi connectivity index (χ0) is 14.1. The number of hydrogen-bond acceptors (Lipinski definition) is 5. The molecule has 1 aromatic rings. The lowest BCUT2D eigenvalue weighted by Gasteiger charge is -2.35. The number of rotatable bonds is 3. The molecule has 1 fully saturated rings. The first-order chi connectivity index (χ1) is 9.72. The second kappa shape index (κ2) is 5.73. The highest BCUT2D eigenvalue weighted by Crippen LogP contribution is 2.32. The van der Waals surface area contributed by atoms with Crippen molar-refractivity contribution in [3.05, 3.63) is 11.6 Å². The highest BCUT2D eigenvalue weighted by Gasteiger charge is 2.35. The number of aromatic nitrogens is 3. The predicted molar refractivity (Wildman–Crippen MR) is 76.3 cm³/mol. The van der Waals surface area contributed by atoms with Gasteiger partial charge in [-0.3, -0.25) is 4.79 Å². The molecule has 3 rings (SSSR count). The molecule has 0 aliphatic carbocycles. The molecule has 0 spiro atoms. The number of fused-ring (bicyclic) bond motifs is 1. The summed E-state index contributed by atoms with van der Waals surface area (Å²) in [6.45, 7) is 3.99. The predicted octanol–water partition coefficient (Wildman–Crippen LogP) is 1.22. The summed E-state index contributed by atoms with van der Waals surface area (Å²) in [5.41, 5.74) is 0. The first-order valence-corrected chi connectivity index (χ1v) is 8.10. The summed E-state index contributed by atoms with van der Waals surface area (Å²) in [6, 6.07) is -0.00411. The van der Waals surface area contributed by atoms with Crippen LogP contribution in [0.2, 0.25) is 0 Å². The lowest BCUT2D eigenvalue weighted by Crippen LogP contribution is -2.44. The molecule has 1 amide bonds. The molecule has 110 valence electrons. The fraction of sp³-hybridized carbons (Fsp3) is 0.769. The van der Waals surface area contributed by atoms with Gasteiger partial charge in [0.25, 0.3) is 0 Å². The van der Waals surface area contributed by atoms with Crippen molar-refractivity contribution < 1.29 is 9.53 Å². The average molecular weight is 296 g/mol. The topological polar surface area (TPSA) is 60.3 Å². The van der Waals surface area contributed by atoms with Crippen molar-refractivity contribution in [2.45, 2.75) is 44.2 Å². The molecule has 7 heteroatoms. The zero-order valence-electron chi connectivity index (χ0n) is 11.9. The summed E-state index contributed by atoms with van der Waals surface area (Å²) in [5, 5.41) is 8.57. The van der Waals surface area contributed by atoms with E-state index in [4.69, 9.17) is 4.74 Å². The minimum atomic E-state index is -0.00411. The molecule has 2 aliphatic rings. The molecule has 0 aromatic carbocycles. The Hall–Kier alpha value is -1.08. The van der Waals surface area contributed by atoms with E-state index in [2.05, 4.69) is 14.8 Å². The highest BCUT2D eigenvalue weighted by atomic mass is 32.2. The summed E-state index contributed by atoms with van der Waals surface area (Å²) < 4.78 is 7.22. The van der Waals surface area contributed by atoms with Gasteiger partial charge in [0, 0.05) is 20.2 Å². The molecule has 2 aliphatic heterocycles. The summed E-state index contributed by atoms with van der Waals surface area (Å²) in [7, 11) is 1.65. The van der Waals surface area contributed by atoms with Crippen LogP contribution in [0.15, 0.2) is 0 Å². The number of nitrogens with zero attached hydrogens (tertiary/aromatic N) is 4. The lowest BCUT2D eigenvalue weighted by atomic mass is 10.1. The average Bonchev–Trinajstić information content (AvgIpc) is 3.09. The van der Waals surface area contributed by atoms with Crippen LogP contribution in [0.4, 0.5) is 0 Å². The van der Waals surface area contributed by atoms with E-state index < -0.39 is 0 Å². The van der Waals surface area contributed by atoms with Gasteiger partial charge in [0.15, 0.2) is 11.6 Å². The Kier molecular flexibility index (Phi) is 3.98. The molecule has 1 saturated heterocycles. The smallest absolute Gasteiger partial charge is 0.236 e. The van der Waals surface area contributed by atoms with Crippen LogP contribution >= 0.6 is 11.8 Å². The number of carbonyl (C=O) groups excluding carboxylic acids is 1. The number of methoxy groups -OCH3 is 1. The molecule has 6 nitrogen and oxygen atoms in total. The van der Waals surface area contributed by atoms with Crippen LogP contribution in [0.25, 0.3) is 0 Å². The largest absolute Gasteiger partial charge is 0.377 e. The van der Waals surface area contributed by atoms with Gasteiger partial charge in [-0.1, -0.05) is 0 Å². The fourth-order valence-electron chi connectivity index (χ4n) is 2.94. The van der Waals surface area contributed by atoms with Crippen molar-refractivity contribution in [2.24, 2.45) is 0 Å². The molecule has 0 N–H and O–H groups in total. The first-order valence-electron chi connectivity index (χ1n) is 7.05. The van der Waals surface area contributed by atoms with Crippen LogP contribution < -0.4 is 0 Å². The third kappa shape index (κ3) is 2.33. The quantitative estimate of drug-likeness (QED) is 0.839. The zero-order valence-corrected chi connectivity index (χ0v) is 12.7. The van der Waals surface area contributed by atoms with Gasteiger partial charge in [-0.15, -0.1) is 22.0 Å². The number of amides is 1. The van der Waals surface area contributed by atoms with E-state index in [0.29, 0.717) is 6.61 Å². The SMILES string of the molecule is COCc1nnc2n1CCN(C(=O)[C@@H]1CCCS1)[C@H]2C. The van der Waals surface area contributed by atoms with E-state index in [1.165, 1.54) is 0 Å². The van der Waals surface area contributed by atoms with E-state index in [1.54, 1.807) is 18.9 Å². The molecule has 0 unspecified atom stereocenters. The van der Waals surface area contributed by atoms with Crippen molar-refractivity contribution in [3.8, 4) is 0 Å². The standard InChI is InChI=1S/C13H20N4O2S/c1-9-12-15-14-11(8-19-2)17(12)6-5-16(9)13(18)10-4-3-7-20-10/h9-10H,3-8H2,1-2H3/t9-,10-/m0/s1. The monoisotopic (exact) mass is 296 g/mol. The normalized spacial score (nSPS) is 25.8. The van der Waals surface area contributed by atoms with Crippen molar-refractivity contribution in [2.75, 3.05) is 19.4 Å². The van der Waals surface area contributed by atoms with Gasteiger partial charge >= 0.3 is 0 Å². The third-order valence-electron chi connectivity index (χ3n) is 4.02. The Balaban J connectivity index is 1.78. The van der Waals surface area contributed by atoms with E-state index in [9.17, 15) is 4.79 Å². The third-order valence-corrected chi connectivity index (χ3v) is 5.39. The van der Waals surface area contributed by atoms with Crippen LogP contribution in [0.5, 0.6) is 0 Å². The van der Waals surface area contributed by atoms with Crippen molar-refractivity contribution in [1.29, 1.82) is 0 Å². The fourth-order valence-corrected chi connectivity index (χ4v) is 4.17. The number of thioether (sulfide) groups is 1. The maximum atomic E-state index is 12.6. The minimum Gasteiger partial charge on any atom is -0.377 e. The van der Waals surface area contributed by atoms with Crippen LogP contribution in [0, 0.1) is 0 Å². The Labute approximate surface area is 122 Å². The molecular weight excluding hydrogens is 276 g/mol. The van der Waals surface area contributed by atoms with Crippen LogP contribution in [0.3, 0.4) is 0 Å². The first kappa shape index (κ1) is 13.9. The van der Waals surface area contributed by atoms with Gasteiger partial charge in [0.05, 0.1) is 11.3 Å². The molecule has 0 saturated carbocycles. The Morgan fingerprint density at radius 3 is 3.00 bits per heavy atom. The van der Waals surface area contributed by atoms with Gasteiger partial charge < -0.3 is 14.2 Å². The van der Waals surface area contributed by atoms with E-state index >= 15 is 0 Å². The van der Waals surface area contributed by atoms with E-state index in [1.807, 2.05) is 11.8 Å². The second-order valence-corrected chi connectivity index (χ2v) is 6.58. The van der Waals surface area contributed by atoms with Gasteiger partial charge in [-0.2, -0.15) is 0 Å². The Bertz CT molecular complexity index is 499.